The molecule has 1 aromatic heterocycles. The largest absolute Gasteiger partial charge is 0.368 e. The number of amides is 1. The minimum Gasteiger partial charge on any atom is -0.368 e. The molecule has 1 heterocycles. The van der Waals surface area contributed by atoms with Gasteiger partial charge in [-0.25, -0.2) is 4.98 Å². The van der Waals surface area contributed by atoms with Crippen molar-refractivity contribution in [2.24, 2.45) is 5.73 Å². The van der Waals surface area contributed by atoms with Gasteiger partial charge in [0.25, 0.3) is 5.91 Å². The highest BCUT2D eigenvalue weighted by Gasteiger charge is 2.15. The summed E-state index contributed by atoms with van der Waals surface area (Å²) >= 11 is 5.73. The third-order valence-corrected chi connectivity index (χ3v) is 2.34. The third-order valence-electron chi connectivity index (χ3n) is 2.16. The summed E-state index contributed by atoms with van der Waals surface area (Å²) in [4.78, 5) is 18.5. The van der Waals surface area contributed by atoms with Gasteiger partial charge >= 0.3 is 0 Å². The lowest BCUT2D eigenvalue weighted by Crippen LogP contribution is -2.26. The van der Waals surface area contributed by atoms with Gasteiger partial charge in [-0.1, -0.05) is 0 Å². The third kappa shape index (κ3) is 4.24. The number of hydrogen-bond donors (Lipinski definition) is 4. The number of nitrogens with two attached hydrogens (primary N) is 1. The first kappa shape index (κ1) is 13.8. The Balaban J connectivity index is 2.55. The lowest BCUT2D eigenvalue weighted by Gasteiger charge is -2.05. The maximum Gasteiger partial charge on any atom is 0.271 e. The number of H-pyrrole nitrogens is 1. The molecule has 17 heavy (non-hydrogen) atoms. The van der Waals surface area contributed by atoms with E-state index in [1.807, 2.05) is 6.92 Å². The normalized spacial score (nSPS) is 10.3. The smallest absolute Gasteiger partial charge is 0.271 e. The van der Waals surface area contributed by atoms with E-state index in [9.17, 15) is 4.79 Å². The van der Waals surface area contributed by atoms with E-state index in [1.54, 1.807) is 0 Å². The lowest BCUT2D eigenvalue weighted by molar-refractivity contribution is 0.0949. The minimum absolute atomic E-state index is 0.202. The van der Waals surface area contributed by atoms with Crippen molar-refractivity contribution in [1.82, 2.24) is 15.3 Å². The molecule has 1 rings (SSSR count). The number of aromatic nitrogens is 2. The number of carbonyl (C=O) groups excluding carboxylic acids is 1. The second-order valence-electron chi connectivity index (χ2n) is 3.53. The van der Waals surface area contributed by atoms with Crippen molar-refractivity contribution < 1.29 is 4.79 Å². The van der Waals surface area contributed by atoms with Gasteiger partial charge in [0.2, 0.25) is 5.28 Å². The predicted octanol–water partition coefficient (Wildman–Crippen LogP) is 0.964. The van der Waals surface area contributed by atoms with Crippen LogP contribution in [0.25, 0.3) is 0 Å². The second-order valence-corrected chi connectivity index (χ2v) is 3.89. The van der Waals surface area contributed by atoms with Gasteiger partial charge in [-0.2, -0.15) is 0 Å². The van der Waals surface area contributed by atoms with E-state index < -0.39 is 0 Å². The number of nitrogens with one attached hydrogen (secondary N) is 3. The van der Waals surface area contributed by atoms with Gasteiger partial charge < -0.3 is 21.4 Å². The van der Waals surface area contributed by atoms with Gasteiger partial charge in [-0.15, -0.1) is 0 Å². The Kier molecular flexibility index (Phi) is 5.79. The van der Waals surface area contributed by atoms with E-state index in [0.717, 1.165) is 12.8 Å². The maximum atomic E-state index is 11.8. The number of nitrogens with zero attached hydrogens (tertiary/aromatic N) is 1. The Hall–Kier alpha value is -1.27. The molecule has 0 saturated carbocycles. The Morgan fingerprint density at radius 1 is 1.53 bits per heavy atom. The molecule has 0 aromatic carbocycles. The molecule has 0 atom stereocenters. The molecule has 0 spiro atoms. The maximum absolute atomic E-state index is 11.8. The number of imidazole rings is 1. The highest BCUT2D eigenvalue weighted by atomic mass is 35.5. The lowest BCUT2D eigenvalue weighted by atomic mass is 10.3. The number of halogens is 1. The number of aromatic amines is 1. The highest BCUT2D eigenvalue weighted by molar-refractivity contribution is 6.28. The minimum atomic E-state index is -0.211. The first-order chi connectivity index (χ1) is 8.19. The SMILES string of the molecule is CCNc1nc(Cl)[nH]c1C(=O)NCCCCN. The highest BCUT2D eigenvalue weighted by Crippen LogP contribution is 2.15. The van der Waals surface area contributed by atoms with E-state index in [2.05, 4.69) is 20.6 Å². The first-order valence-electron chi connectivity index (χ1n) is 5.66. The van der Waals surface area contributed by atoms with Crippen LogP contribution < -0.4 is 16.4 Å². The first-order valence-corrected chi connectivity index (χ1v) is 6.04. The topological polar surface area (TPSA) is 95.8 Å². The molecule has 0 bridgehead atoms. The van der Waals surface area contributed by atoms with Crippen LogP contribution in [0.2, 0.25) is 5.28 Å². The molecular weight excluding hydrogens is 242 g/mol. The van der Waals surface area contributed by atoms with Crippen molar-refractivity contribution in [3.05, 3.63) is 11.0 Å². The van der Waals surface area contributed by atoms with Gasteiger partial charge in [-0.3, -0.25) is 4.79 Å². The van der Waals surface area contributed by atoms with Crippen LogP contribution in [0.4, 0.5) is 5.82 Å². The van der Waals surface area contributed by atoms with Gasteiger partial charge in [0.15, 0.2) is 5.82 Å². The average Bonchev–Trinajstić information content (AvgIpc) is 2.66. The van der Waals surface area contributed by atoms with Crippen molar-refractivity contribution in [2.45, 2.75) is 19.8 Å². The predicted molar refractivity (Wildman–Crippen MR) is 68.4 cm³/mol. The summed E-state index contributed by atoms with van der Waals surface area (Å²) in [5, 5.41) is 5.96. The molecule has 7 heteroatoms. The summed E-state index contributed by atoms with van der Waals surface area (Å²) in [5.41, 5.74) is 5.73. The van der Waals surface area contributed by atoms with Crippen LogP contribution in [0, 0.1) is 0 Å². The van der Waals surface area contributed by atoms with Gasteiger partial charge in [-0.05, 0) is 37.9 Å². The van der Waals surface area contributed by atoms with Gasteiger partial charge in [0, 0.05) is 13.1 Å². The molecule has 0 radical (unpaired) electrons. The van der Waals surface area contributed by atoms with Crippen LogP contribution in [0.1, 0.15) is 30.3 Å². The molecule has 0 aliphatic rings. The quantitative estimate of drug-likeness (QED) is 0.549. The van der Waals surface area contributed by atoms with E-state index in [-0.39, 0.29) is 11.2 Å². The number of anilines is 1. The van der Waals surface area contributed by atoms with Crippen molar-refractivity contribution in [3.63, 3.8) is 0 Å². The van der Waals surface area contributed by atoms with E-state index in [4.69, 9.17) is 17.3 Å². The van der Waals surface area contributed by atoms with Crippen molar-refractivity contribution >= 4 is 23.3 Å². The molecular formula is C10H18ClN5O. The molecule has 96 valence electrons. The van der Waals surface area contributed by atoms with E-state index in [1.165, 1.54) is 0 Å². The summed E-state index contributed by atoms with van der Waals surface area (Å²) in [5.74, 6) is 0.270. The molecule has 1 aromatic rings. The van der Waals surface area contributed by atoms with Crippen LogP contribution in [0.5, 0.6) is 0 Å². The van der Waals surface area contributed by atoms with Crippen molar-refractivity contribution in [2.75, 3.05) is 25.0 Å². The van der Waals surface area contributed by atoms with E-state index in [0.29, 0.717) is 31.1 Å². The number of carbonyl (C=O) groups is 1. The molecule has 0 saturated heterocycles. The Morgan fingerprint density at radius 2 is 2.29 bits per heavy atom. The van der Waals surface area contributed by atoms with Crippen LogP contribution in [0.3, 0.4) is 0 Å². The summed E-state index contributed by atoms with van der Waals surface area (Å²) in [7, 11) is 0. The van der Waals surface area contributed by atoms with Crippen molar-refractivity contribution in [1.29, 1.82) is 0 Å². The molecule has 1 amide bonds. The molecule has 6 nitrogen and oxygen atoms in total. The van der Waals surface area contributed by atoms with Gasteiger partial charge in [0.05, 0.1) is 0 Å². The zero-order chi connectivity index (χ0) is 12.7. The average molecular weight is 260 g/mol. The fourth-order valence-corrected chi connectivity index (χ4v) is 1.54. The number of hydrogen-bond acceptors (Lipinski definition) is 4. The van der Waals surface area contributed by atoms with E-state index >= 15 is 0 Å². The molecule has 0 aliphatic carbocycles. The van der Waals surface area contributed by atoms with Crippen LogP contribution in [0.15, 0.2) is 0 Å². The summed E-state index contributed by atoms with van der Waals surface area (Å²) in [6, 6.07) is 0. The Bertz CT molecular complexity index is 366. The molecule has 0 unspecified atom stereocenters. The zero-order valence-corrected chi connectivity index (χ0v) is 10.6. The monoisotopic (exact) mass is 259 g/mol. The molecule has 0 aliphatic heterocycles. The second kappa shape index (κ2) is 7.13. The van der Waals surface area contributed by atoms with Crippen molar-refractivity contribution in [3.8, 4) is 0 Å². The fourth-order valence-electron chi connectivity index (χ4n) is 1.36. The van der Waals surface area contributed by atoms with Crippen LogP contribution in [-0.4, -0.2) is 35.5 Å². The van der Waals surface area contributed by atoms with Crippen LogP contribution in [-0.2, 0) is 0 Å². The summed E-state index contributed by atoms with van der Waals surface area (Å²) in [6.45, 7) is 3.83. The summed E-state index contributed by atoms with van der Waals surface area (Å²) < 4.78 is 0. The van der Waals surface area contributed by atoms with Gasteiger partial charge in [0.1, 0.15) is 5.69 Å². The standard InChI is InChI=1S/C10H18ClN5O/c1-2-13-8-7(15-10(11)16-8)9(17)14-6-4-3-5-12/h13H,2-6,12H2,1H3,(H,14,17)(H,15,16). The molecule has 5 N–H and O–H groups in total. The Labute approximate surface area is 105 Å². The number of rotatable bonds is 7. The van der Waals surface area contributed by atoms with Crippen LogP contribution >= 0.6 is 11.6 Å². The zero-order valence-electron chi connectivity index (χ0n) is 9.85. The fraction of sp³-hybridized carbons (Fsp3) is 0.600. The summed E-state index contributed by atoms with van der Waals surface area (Å²) in [6.07, 6.45) is 1.75. The molecule has 0 fully saturated rings. The Morgan fingerprint density at radius 3 is 2.94 bits per heavy atom. The number of unbranched alkanes of at least 4 members (excludes halogenated alkanes) is 1.